The molecule has 0 heterocycles. The molecule has 0 N–H and O–H groups in total. The van der Waals surface area contributed by atoms with Crippen LogP contribution in [0.4, 0.5) is 0 Å². The van der Waals surface area contributed by atoms with E-state index in [0.29, 0.717) is 5.57 Å². The van der Waals surface area contributed by atoms with E-state index in [9.17, 15) is 9.59 Å². The molecular weight excluding hydrogens is 200 g/mol. The van der Waals surface area contributed by atoms with Crippen molar-refractivity contribution >= 4 is 17.6 Å². The minimum absolute atomic E-state index is 0.109. The molecule has 0 aliphatic rings. The van der Waals surface area contributed by atoms with Gasteiger partial charge in [0.15, 0.2) is 11.6 Å². The first kappa shape index (κ1) is 12.1. The first-order chi connectivity index (χ1) is 7.59. The Morgan fingerprint density at radius 1 is 1.06 bits per heavy atom. The lowest BCUT2D eigenvalue weighted by atomic mass is 10.1. The second kappa shape index (κ2) is 5.81. The monoisotopic (exact) mass is 214 g/mol. The van der Waals surface area contributed by atoms with E-state index in [1.165, 1.54) is 19.9 Å². The van der Waals surface area contributed by atoms with Crippen LogP contribution in [0.15, 0.2) is 48.1 Å². The number of allylic oxidation sites excluding steroid dienone is 3. The van der Waals surface area contributed by atoms with Crippen LogP contribution >= 0.6 is 0 Å². The van der Waals surface area contributed by atoms with Crippen molar-refractivity contribution in [1.29, 1.82) is 0 Å². The summed E-state index contributed by atoms with van der Waals surface area (Å²) in [5.41, 5.74) is 1.43. The van der Waals surface area contributed by atoms with Gasteiger partial charge in [-0.3, -0.25) is 9.59 Å². The molecule has 16 heavy (non-hydrogen) atoms. The Morgan fingerprint density at radius 3 is 2.19 bits per heavy atom. The van der Waals surface area contributed by atoms with Gasteiger partial charge in [0.2, 0.25) is 0 Å². The number of rotatable bonds is 4. The topological polar surface area (TPSA) is 34.1 Å². The molecule has 0 bridgehead atoms. The van der Waals surface area contributed by atoms with Crippen molar-refractivity contribution < 1.29 is 9.59 Å². The van der Waals surface area contributed by atoms with E-state index < -0.39 is 0 Å². The Labute approximate surface area is 95.3 Å². The molecule has 2 heteroatoms. The van der Waals surface area contributed by atoms with Crippen LogP contribution in [0.1, 0.15) is 19.4 Å². The maximum atomic E-state index is 11.2. The van der Waals surface area contributed by atoms with Gasteiger partial charge in [0.25, 0.3) is 0 Å². The standard InChI is InChI=1S/C14H14O2/c1-11(15)10-14(12(2)16)9-8-13-6-4-3-5-7-13/h3-10H,1-2H3/b9-8+,14-10?. The SMILES string of the molecule is CC(=O)C=C(/C=C/c1ccccc1)C(C)=O. The smallest absolute Gasteiger partial charge is 0.159 e. The molecule has 0 saturated heterocycles. The molecule has 2 nitrogen and oxygen atoms in total. The highest BCUT2D eigenvalue weighted by Gasteiger charge is 2.00. The Bertz CT molecular complexity index is 439. The number of carbonyl (C=O) groups is 2. The van der Waals surface area contributed by atoms with Crippen molar-refractivity contribution in [2.45, 2.75) is 13.8 Å². The third kappa shape index (κ3) is 4.05. The molecule has 82 valence electrons. The first-order valence-electron chi connectivity index (χ1n) is 5.06. The Hall–Kier alpha value is -1.96. The maximum absolute atomic E-state index is 11.2. The second-order valence-corrected chi connectivity index (χ2v) is 3.51. The molecule has 0 fully saturated rings. The molecule has 1 aromatic rings. The van der Waals surface area contributed by atoms with Crippen molar-refractivity contribution in [2.75, 3.05) is 0 Å². The Kier molecular flexibility index (Phi) is 4.40. The number of ketones is 2. The van der Waals surface area contributed by atoms with Crippen molar-refractivity contribution in [3.63, 3.8) is 0 Å². The maximum Gasteiger partial charge on any atom is 0.159 e. The average molecular weight is 214 g/mol. The zero-order valence-electron chi connectivity index (χ0n) is 9.44. The summed E-state index contributed by atoms with van der Waals surface area (Å²) in [5, 5.41) is 0. The lowest BCUT2D eigenvalue weighted by molar-refractivity contribution is -0.115. The molecular formula is C14H14O2. The molecule has 0 atom stereocenters. The number of Topliss-reactive ketones (excluding diaryl/α,β-unsaturated/α-hetero) is 1. The van der Waals surface area contributed by atoms with E-state index >= 15 is 0 Å². The van der Waals surface area contributed by atoms with E-state index in [0.717, 1.165) is 5.56 Å². The van der Waals surface area contributed by atoms with E-state index in [-0.39, 0.29) is 11.6 Å². The Balaban J connectivity index is 2.89. The van der Waals surface area contributed by atoms with Gasteiger partial charge in [-0.15, -0.1) is 0 Å². The van der Waals surface area contributed by atoms with Gasteiger partial charge in [-0.2, -0.15) is 0 Å². The molecule has 0 amide bonds. The van der Waals surface area contributed by atoms with Gasteiger partial charge >= 0.3 is 0 Å². The molecule has 1 aromatic carbocycles. The molecule has 0 aliphatic heterocycles. The quantitative estimate of drug-likeness (QED) is 0.570. The molecule has 1 rings (SSSR count). The molecule has 0 radical (unpaired) electrons. The fourth-order valence-electron chi connectivity index (χ4n) is 1.24. The Morgan fingerprint density at radius 2 is 1.69 bits per heavy atom. The van der Waals surface area contributed by atoms with Crippen molar-refractivity contribution in [3.05, 3.63) is 53.6 Å². The lowest BCUT2D eigenvalue weighted by Crippen LogP contribution is -1.96. The molecule has 0 unspecified atom stereocenters. The van der Waals surface area contributed by atoms with Gasteiger partial charge in [-0.05, 0) is 25.5 Å². The normalized spacial score (nSPS) is 11.8. The summed E-state index contributed by atoms with van der Waals surface area (Å²) in [6.45, 7) is 2.88. The van der Waals surface area contributed by atoms with Crippen LogP contribution in [0.3, 0.4) is 0 Å². The zero-order valence-corrected chi connectivity index (χ0v) is 9.44. The molecule has 0 spiro atoms. The highest BCUT2D eigenvalue weighted by Crippen LogP contribution is 2.06. The van der Waals surface area contributed by atoms with Crippen LogP contribution in [-0.2, 0) is 9.59 Å². The predicted octanol–water partition coefficient (Wildman–Crippen LogP) is 2.80. The second-order valence-electron chi connectivity index (χ2n) is 3.51. The highest BCUT2D eigenvalue weighted by molar-refractivity contribution is 6.03. The van der Waals surface area contributed by atoms with E-state index in [2.05, 4.69) is 0 Å². The van der Waals surface area contributed by atoms with Crippen LogP contribution in [0.2, 0.25) is 0 Å². The van der Waals surface area contributed by atoms with Gasteiger partial charge in [0, 0.05) is 5.57 Å². The van der Waals surface area contributed by atoms with Gasteiger partial charge in [-0.1, -0.05) is 42.5 Å². The molecule has 0 aromatic heterocycles. The van der Waals surface area contributed by atoms with E-state index in [1.807, 2.05) is 36.4 Å². The number of carbonyl (C=O) groups excluding carboxylic acids is 2. The summed E-state index contributed by atoms with van der Waals surface area (Å²) in [7, 11) is 0. The van der Waals surface area contributed by atoms with Crippen LogP contribution in [0.5, 0.6) is 0 Å². The van der Waals surface area contributed by atoms with Crippen LogP contribution in [-0.4, -0.2) is 11.6 Å². The third-order valence-corrected chi connectivity index (χ3v) is 2.02. The summed E-state index contributed by atoms with van der Waals surface area (Å²) in [5.74, 6) is -0.231. The summed E-state index contributed by atoms with van der Waals surface area (Å²) < 4.78 is 0. The molecule has 0 aliphatic carbocycles. The van der Waals surface area contributed by atoms with Gasteiger partial charge in [0.1, 0.15) is 0 Å². The van der Waals surface area contributed by atoms with Gasteiger partial charge in [0.05, 0.1) is 0 Å². The van der Waals surface area contributed by atoms with Crippen molar-refractivity contribution in [1.82, 2.24) is 0 Å². The minimum atomic E-state index is -0.122. The summed E-state index contributed by atoms with van der Waals surface area (Å²) >= 11 is 0. The molecule has 0 saturated carbocycles. The average Bonchev–Trinajstić information content (AvgIpc) is 2.25. The van der Waals surface area contributed by atoms with E-state index in [1.54, 1.807) is 6.08 Å². The number of hydrogen-bond acceptors (Lipinski definition) is 2. The first-order valence-corrected chi connectivity index (χ1v) is 5.06. The van der Waals surface area contributed by atoms with E-state index in [4.69, 9.17) is 0 Å². The fourth-order valence-corrected chi connectivity index (χ4v) is 1.24. The third-order valence-electron chi connectivity index (χ3n) is 2.02. The lowest BCUT2D eigenvalue weighted by Gasteiger charge is -1.95. The van der Waals surface area contributed by atoms with Gasteiger partial charge < -0.3 is 0 Å². The minimum Gasteiger partial charge on any atom is -0.295 e. The van der Waals surface area contributed by atoms with Crippen molar-refractivity contribution in [2.24, 2.45) is 0 Å². The van der Waals surface area contributed by atoms with Crippen LogP contribution in [0, 0.1) is 0 Å². The fraction of sp³-hybridized carbons (Fsp3) is 0.143. The summed E-state index contributed by atoms with van der Waals surface area (Å²) in [6, 6.07) is 9.63. The van der Waals surface area contributed by atoms with Crippen molar-refractivity contribution in [3.8, 4) is 0 Å². The summed E-state index contributed by atoms with van der Waals surface area (Å²) in [6.07, 6.45) is 4.83. The van der Waals surface area contributed by atoms with Gasteiger partial charge in [-0.25, -0.2) is 0 Å². The highest BCUT2D eigenvalue weighted by atomic mass is 16.1. The zero-order chi connectivity index (χ0) is 12.0. The number of hydrogen-bond donors (Lipinski definition) is 0. The van der Waals surface area contributed by atoms with Crippen LogP contribution in [0.25, 0.3) is 6.08 Å². The summed E-state index contributed by atoms with van der Waals surface area (Å²) in [4.78, 5) is 22.1. The van der Waals surface area contributed by atoms with Crippen LogP contribution < -0.4 is 0 Å². The predicted molar refractivity (Wildman–Crippen MR) is 64.9 cm³/mol. The largest absolute Gasteiger partial charge is 0.295 e. The number of benzene rings is 1.